The fourth-order valence-corrected chi connectivity index (χ4v) is 4.61. The maximum atomic E-state index is 13.6. The van der Waals surface area contributed by atoms with Crippen molar-refractivity contribution in [2.45, 2.75) is 0 Å². The lowest BCUT2D eigenvalue weighted by atomic mass is 10.1. The van der Waals surface area contributed by atoms with Gasteiger partial charge in [0.05, 0.1) is 11.4 Å². The SMILES string of the molecule is Nc1cncc(-c2cnc3[nH]nc(-c4cc5c(-c6ccc(F)s6)cccc5[nH]4)c3c2)c1. The van der Waals surface area contributed by atoms with Crippen molar-refractivity contribution in [1.29, 1.82) is 0 Å². The minimum atomic E-state index is -0.198. The Morgan fingerprint density at radius 1 is 0.935 bits per heavy atom. The minimum absolute atomic E-state index is 0.198. The predicted molar refractivity (Wildman–Crippen MR) is 122 cm³/mol. The molecule has 0 fully saturated rings. The zero-order valence-corrected chi connectivity index (χ0v) is 16.9. The topological polar surface area (TPSA) is 96.3 Å². The number of halogens is 1. The largest absolute Gasteiger partial charge is 0.397 e. The molecule has 6 rings (SSSR count). The molecule has 0 aliphatic carbocycles. The Hall–Kier alpha value is -4.04. The number of thiophene rings is 1. The molecule has 0 atom stereocenters. The number of H-pyrrole nitrogens is 2. The molecule has 0 unspecified atom stereocenters. The van der Waals surface area contributed by atoms with Crippen LogP contribution in [0, 0.1) is 5.13 Å². The van der Waals surface area contributed by atoms with Crippen LogP contribution in [0.1, 0.15) is 0 Å². The van der Waals surface area contributed by atoms with Gasteiger partial charge in [-0.05, 0) is 36.4 Å². The van der Waals surface area contributed by atoms with Gasteiger partial charge < -0.3 is 10.7 Å². The number of pyridine rings is 2. The van der Waals surface area contributed by atoms with Crippen LogP contribution in [-0.4, -0.2) is 25.1 Å². The van der Waals surface area contributed by atoms with Crippen molar-refractivity contribution in [2.75, 3.05) is 5.73 Å². The fourth-order valence-electron chi connectivity index (χ4n) is 3.84. The summed E-state index contributed by atoms with van der Waals surface area (Å²) in [5, 5.41) is 9.20. The molecule has 8 heteroatoms. The van der Waals surface area contributed by atoms with Crippen LogP contribution in [0.25, 0.3) is 54.9 Å². The molecule has 31 heavy (non-hydrogen) atoms. The first-order valence-corrected chi connectivity index (χ1v) is 10.4. The number of rotatable bonds is 3. The lowest BCUT2D eigenvalue weighted by molar-refractivity contribution is 0.657. The molecule has 5 aromatic heterocycles. The lowest BCUT2D eigenvalue weighted by Gasteiger charge is -2.02. The van der Waals surface area contributed by atoms with Crippen molar-refractivity contribution >= 4 is 39.0 Å². The van der Waals surface area contributed by atoms with Crippen LogP contribution >= 0.6 is 11.3 Å². The number of nitrogens with zero attached hydrogens (tertiary/aromatic N) is 3. The smallest absolute Gasteiger partial charge is 0.176 e. The maximum absolute atomic E-state index is 13.6. The summed E-state index contributed by atoms with van der Waals surface area (Å²) in [4.78, 5) is 13.0. The predicted octanol–water partition coefficient (Wildman–Crippen LogP) is 5.62. The summed E-state index contributed by atoms with van der Waals surface area (Å²) in [6.07, 6.45) is 5.14. The maximum Gasteiger partial charge on any atom is 0.176 e. The summed E-state index contributed by atoms with van der Waals surface area (Å²) >= 11 is 1.14. The molecule has 4 N–H and O–H groups in total. The molecule has 6 aromatic rings. The summed E-state index contributed by atoms with van der Waals surface area (Å²) in [5.41, 5.74) is 12.5. The Kier molecular flexibility index (Phi) is 3.87. The van der Waals surface area contributed by atoms with E-state index in [4.69, 9.17) is 5.73 Å². The van der Waals surface area contributed by atoms with Gasteiger partial charge in [-0.2, -0.15) is 9.49 Å². The molecule has 6 nitrogen and oxygen atoms in total. The highest BCUT2D eigenvalue weighted by atomic mass is 32.1. The van der Waals surface area contributed by atoms with Gasteiger partial charge in [-0.15, -0.1) is 11.3 Å². The van der Waals surface area contributed by atoms with Crippen LogP contribution in [0.15, 0.2) is 67.1 Å². The number of fused-ring (bicyclic) bond motifs is 2. The number of nitrogen functional groups attached to an aromatic ring is 1. The molecule has 0 saturated carbocycles. The van der Waals surface area contributed by atoms with E-state index in [9.17, 15) is 4.39 Å². The van der Waals surface area contributed by atoms with E-state index in [0.29, 0.717) is 11.3 Å². The molecule has 0 amide bonds. The van der Waals surface area contributed by atoms with Gasteiger partial charge in [0.25, 0.3) is 0 Å². The summed E-state index contributed by atoms with van der Waals surface area (Å²) in [7, 11) is 0. The number of aromatic amines is 2. The molecular formula is C23H15FN6S. The van der Waals surface area contributed by atoms with Crippen LogP contribution in [0.3, 0.4) is 0 Å². The molecule has 0 radical (unpaired) electrons. The van der Waals surface area contributed by atoms with E-state index in [2.05, 4.69) is 25.1 Å². The van der Waals surface area contributed by atoms with E-state index >= 15 is 0 Å². The van der Waals surface area contributed by atoms with Crippen LogP contribution in [0.5, 0.6) is 0 Å². The number of nitrogens with one attached hydrogen (secondary N) is 2. The zero-order chi connectivity index (χ0) is 20.9. The Bertz CT molecular complexity index is 1580. The van der Waals surface area contributed by atoms with Crippen molar-refractivity contribution < 1.29 is 4.39 Å². The minimum Gasteiger partial charge on any atom is -0.397 e. The molecule has 0 bridgehead atoms. The second-order valence-corrected chi connectivity index (χ2v) is 8.29. The quantitative estimate of drug-likeness (QED) is 0.342. The van der Waals surface area contributed by atoms with Gasteiger partial charge in [0.15, 0.2) is 10.8 Å². The van der Waals surface area contributed by atoms with Gasteiger partial charge in [-0.3, -0.25) is 10.1 Å². The number of hydrogen-bond acceptors (Lipinski definition) is 5. The third kappa shape index (κ3) is 2.96. The van der Waals surface area contributed by atoms with Crippen molar-refractivity contribution in [2.24, 2.45) is 0 Å². The fraction of sp³-hybridized carbons (Fsp3) is 0. The summed E-state index contributed by atoms with van der Waals surface area (Å²) in [6, 6.07) is 15.2. The zero-order valence-electron chi connectivity index (χ0n) is 16.1. The van der Waals surface area contributed by atoms with Gasteiger partial charge >= 0.3 is 0 Å². The van der Waals surface area contributed by atoms with Crippen molar-refractivity contribution in [3.8, 4) is 33.0 Å². The first-order valence-electron chi connectivity index (χ1n) is 9.58. The number of aromatic nitrogens is 5. The second kappa shape index (κ2) is 6.75. The highest BCUT2D eigenvalue weighted by molar-refractivity contribution is 7.14. The monoisotopic (exact) mass is 426 g/mol. The Labute approximate surface area is 179 Å². The van der Waals surface area contributed by atoms with Gasteiger partial charge in [-0.25, -0.2) is 4.98 Å². The van der Waals surface area contributed by atoms with Crippen LogP contribution in [-0.2, 0) is 0 Å². The van der Waals surface area contributed by atoms with Gasteiger partial charge in [0.2, 0.25) is 0 Å². The molecular weight excluding hydrogens is 411 g/mol. The number of nitrogens with two attached hydrogens (primary N) is 1. The van der Waals surface area contributed by atoms with Crippen LogP contribution < -0.4 is 5.73 Å². The summed E-state index contributed by atoms with van der Waals surface area (Å²) in [6.45, 7) is 0. The van der Waals surface area contributed by atoms with Crippen LogP contribution in [0.4, 0.5) is 10.1 Å². The number of benzene rings is 1. The number of anilines is 1. The van der Waals surface area contributed by atoms with Crippen molar-refractivity contribution in [1.82, 2.24) is 25.1 Å². The first-order chi connectivity index (χ1) is 15.2. The van der Waals surface area contributed by atoms with Crippen LogP contribution in [0.2, 0.25) is 0 Å². The third-order valence-electron chi connectivity index (χ3n) is 5.27. The average Bonchev–Trinajstić information content (AvgIpc) is 3.50. The van der Waals surface area contributed by atoms with Gasteiger partial charge in [0, 0.05) is 56.4 Å². The summed E-state index contributed by atoms with van der Waals surface area (Å²) in [5.74, 6) is 0. The molecule has 150 valence electrons. The molecule has 5 heterocycles. The van der Waals surface area contributed by atoms with E-state index in [1.807, 2.05) is 36.4 Å². The average molecular weight is 426 g/mol. The number of hydrogen-bond donors (Lipinski definition) is 3. The van der Waals surface area contributed by atoms with E-state index in [1.165, 1.54) is 6.07 Å². The van der Waals surface area contributed by atoms with Gasteiger partial charge in [0.1, 0.15) is 5.69 Å². The molecule has 0 saturated heterocycles. The van der Waals surface area contributed by atoms with E-state index < -0.39 is 0 Å². The molecule has 1 aromatic carbocycles. The Balaban J connectivity index is 1.51. The molecule has 0 spiro atoms. The third-order valence-corrected chi connectivity index (χ3v) is 6.17. The normalized spacial score (nSPS) is 11.5. The van der Waals surface area contributed by atoms with Gasteiger partial charge in [-0.1, -0.05) is 12.1 Å². The second-order valence-electron chi connectivity index (χ2n) is 7.25. The van der Waals surface area contributed by atoms with Crippen molar-refractivity contribution in [3.63, 3.8) is 0 Å². The van der Waals surface area contributed by atoms with E-state index in [0.717, 1.165) is 60.6 Å². The highest BCUT2D eigenvalue weighted by Gasteiger charge is 2.15. The standard InChI is InChI=1S/C23H15FN6S/c24-21-5-4-20(31-21)15-2-1-3-18-16(15)8-19(28-18)22-17-7-13(10-27-23(17)30-29-22)12-6-14(25)11-26-9-12/h1-11,28H,25H2,(H,27,29,30). The molecule has 0 aliphatic heterocycles. The Morgan fingerprint density at radius 2 is 1.84 bits per heavy atom. The highest BCUT2D eigenvalue weighted by Crippen LogP contribution is 2.36. The van der Waals surface area contributed by atoms with E-state index in [-0.39, 0.29) is 5.13 Å². The van der Waals surface area contributed by atoms with Crippen molar-refractivity contribution in [3.05, 3.63) is 72.3 Å². The summed E-state index contributed by atoms with van der Waals surface area (Å²) < 4.78 is 13.6. The van der Waals surface area contributed by atoms with E-state index in [1.54, 1.807) is 24.7 Å². The molecule has 0 aliphatic rings. The first kappa shape index (κ1) is 17.8. The lowest BCUT2D eigenvalue weighted by Crippen LogP contribution is -1.88. The Morgan fingerprint density at radius 3 is 2.68 bits per heavy atom.